The molecule has 3 N–H and O–H groups in total. The summed E-state index contributed by atoms with van der Waals surface area (Å²) in [6.45, 7) is -1.82. The average Bonchev–Trinajstić information content (AvgIpc) is 3.16. The number of aromatic amines is 1. The molecule has 0 radical (unpaired) electrons. The van der Waals surface area contributed by atoms with Crippen LogP contribution < -0.4 is 10.6 Å². The number of amides is 3. The maximum Gasteiger partial charge on any atom is 0.405 e. The maximum atomic E-state index is 12.5. The van der Waals surface area contributed by atoms with Gasteiger partial charge in [-0.25, -0.2) is 18.0 Å². The van der Waals surface area contributed by atoms with Crippen LogP contribution in [0.5, 0.6) is 0 Å². The molecule has 29 heavy (non-hydrogen) atoms. The Morgan fingerprint density at radius 1 is 1.24 bits per heavy atom. The van der Waals surface area contributed by atoms with Crippen LogP contribution in [0.3, 0.4) is 0 Å². The number of urea groups is 1. The van der Waals surface area contributed by atoms with E-state index in [0.717, 1.165) is 12.3 Å². The van der Waals surface area contributed by atoms with E-state index < -0.39 is 47.3 Å². The van der Waals surface area contributed by atoms with Gasteiger partial charge in [0.05, 0.1) is 13.2 Å². The summed E-state index contributed by atoms with van der Waals surface area (Å²) in [5.74, 6) is -2.27. The first-order chi connectivity index (χ1) is 13.5. The molecule has 1 aliphatic rings. The summed E-state index contributed by atoms with van der Waals surface area (Å²) in [5.41, 5.74) is -0.272. The molecule has 11 nitrogen and oxygen atoms in total. The fourth-order valence-corrected chi connectivity index (χ4v) is 3.58. The van der Waals surface area contributed by atoms with Gasteiger partial charge in [-0.05, 0) is 6.07 Å². The maximum absolute atomic E-state index is 12.5. The molecule has 0 aliphatic carbocycles. The standard InChI is InChI=1S/C14H17F3N4O7S/c15-14(16,17)8-19-13(24)20-11(22)7-28-12(23)10-5-9(6-18-10)29(25,26)21-1-3-27-4-2-21/h5-6,18H,1-4,7-8H2,(H2,19,20,22,24). The number of alkyl halides is 3. The normalized spacial score (nSPS) is 15.6. The average molecular weight is 442 g/mol. The number of nitrogens with one attached hydrogen (secondary N) is 3. The highest BCUT2D eigenvalue weighted by molar-refractivity contribution is 7.89. The van der Waals surface area contributed by atoms with Gasteiger partial charge in [0.25, 0.3) is 5.91 Å². The SMILES string of the molecule is O=C(COC(=O)c1cc(S(=O)(=O)N2CCOCC2)c[nH]1)NC(=O)NCC(F)(F)F. The Kier molecular flexibility index (Phi) is 7.21. The molecule has 1 fully saturated rings. The Labute approximate surface area is 162 Å². The van der Waals surface area contributed by atoms with Gasteiger partial charge in [-0.15, -0.1) is 0 Å². The van der Waals surface area contributed by atoms with Crippen molar-refractivity contribution in [2.75, 3.05) is 39.5 Å². The number of halogens is 3. The highest BCUT2D eigenvalue weighted by Gasteiger charge is 2.29. The third-order valence-corrected chi connectivity index (χ3v) is 5.40. The molecule has 1 saturated heterocycles. The lowest BCUT2D eigenvalue weighted by Gasteiger charge is -2.25. The molecule has 1 aliphatic heterocycles. The summed E-state index contributed by atoms with van der Waals surface area (Å²) in [7, 11) is -3.85. The van der Waals surface area contributed by atoms with Crippen molar-refractivity contribution in [3.8, 4) is 0 Å². The fourth-order valence-electron chi connectivity index (χ4n) is 2.17. The Bertz CT molecular complexity index is 863. The van der Waals surface area contributed by atoms with Crippen LogP contribution in [-0.4, -0.2) is 81.2 Å². The summed E-state index contributed by atoms with van der Waals surface area (Å²) in [6.07, 6.45) is -3.58. The lowest BCUT2D eigenvalue weighted by molar-refractivity contribution is -0.125. The molecule has 0 spiro atoms. The van der Waals surface area contributed by atoms with Crippen molar-refractivity contribution in [1.29, 1.82) is 0 Å². The zero-order valence-electron chi connectivity index (χ0n) is 14.7. The molecule has 2 rings (SSSR count). The number of nitrogens with zero attached hydrogens (tertiary/aromatic N) is 1. The van der Waals surface area contributed by atoms with E-state index in [0.29, 0.717) is 0 Å². The highest BCUT2D eigenvalue weighted by atomic mass is 32.2. The number of carbonyl (C=O) groups excluding carboxylic acids is 3. The minimum Gasteiger partial charge on any atom is -0.451 e. The number of esters is 1. The molecule has 0 bridgehead atoms. The van der Waals surface area contributed by atoms with Crippen molar-refractivity contribution in [3.63, 3.8) is 0 Å². The van der Waals surface area contributed by atoms with E-state index in [1.165, 1.54) is 9.62 Å². The second kappa shape index (κ2) is 9.23. The molecule has 3 amide bonds. The first kappa shape index (κ1) is 22.6. The zero-order valence-corrected chi connectivity index (χ0v) is 15.6. The van der Waals surface area contributed by atoms with Gasteiger partial charge < -0.3 is 19.8 Å². The Balaban J connectivity index is 1.85. The van der Waals surface area contributed by atoms with Gasteiger partial charge in [-0.1, -0.05) is 0 Å². The largest absolute Gasteiger partial charge is 0.451 e. The van der Waals surface area contributed by atoms with Crippen LogP contribution in [0, 0.1) is 0 Å². The first-order valence-corrected chi connectivity index (χ1v) is 9.51. The number of hydrogen-bond acceptors (Lipinski definition) is 7. The Morgan fingerprint density at radius 3 is 2.52 bits per heavy atom. The number of morpholine rings is 1. The van der Waals surface area contributed by atoms with Crippen LogP contribution in [0.1, 0.15) is 10.5 Å². The smallest absolute Gasteiger partial charge is 0.405 e. The summed E-state index contributed by atoms with van der Waals surface area (Å²) < 4.78 is 71.6. The van der Waals surface area contributed by atoms with Gasteiger partial charge in [-0.3, -0.25) is 10.1 Å². The second-order valence-electron chi connectivity index (χ2n) is 5.69. The molecule has 2 heterocycles. The van der Waals surface area contributed by atoms with Crippen LogP contribution in [0.25, 0.3) is 0 Å². The quantitative estimate of drug-likeness (QED) is 0.507. The first-order valence-electron chi connectivity index (χ1n) is 8.07. The van der Waals surface area contributed by atoms with Crippen molar-refractivity contribution in [1.82, 2.24) is 19.9 Å². The highest BCUT2D eigenvalue weighted by Crippen LogP contribution is 2.18. The topological polar surface area (TPSA) is 147 Å². The summed E-state index contributed by atoms with van der Waals surface area (Å²) in [6, 6.07) is -0.400. The van der Waals surface area contributed by atoms with Crippen LogP contribution in [0.2, 0.25) is 0 Å². The Morgan fingerprint density at radius 2 is 1.90 bits per heavy atom. The van der Waals surface area contributed by atoms with E-state index >= 15 is 0 Å². The monoisotopic (exact) mass is 442 g/mol. The van der Waals surface area contributed by atoms with Gasteiger partial charge in [0, 0.05) is 19.3 Å². The van der Waals surface area contributed by atoms with Crippen LogP contribution >= 0.6 is 0 Å². The van der Waals surface area contributed by atoms with Gasteiger partial charge in [0.2, 0.25) is 10.0 Å². The third kappa shape index (κ3) is 6.72. The number of imide groups is 1. The number of sulfonamides is 1. The molecule has 1 aromatic rings. The van der Waals surface area contributed by atoms with Gasteiger partial charge in [0.1, 0.15) is 17.1 Å². The summed E-state index contributed by atoms with van der Waals surface area (Å²) in [5, 5.41) is 2.94. The minimum atomic E-state index is -4.65. The third-order valence-electron chi connectivity index (χ3n) is 3.52. The van der Waals surface area contributed by atoms with Gasteiger partial charge in [-0.2, -0.15) is 17.5 Å². The number of aromatic nitrogens is 1. The zero-order chi connectivity index (χ0) is 21.7. The number of ether oxygens (including phenoxy) is 2. The lowest BCUT2D eigenvalue weighted by Crippen LogP contribution is -2.44. The lowest BCUT2D eigenvalue weighted by atomic mass is 10.4. The summed E-state index contributed by atoms with van der Waals surface area (Å²) >= 11 is 0. The molecule has 0 aromatic carbocycles. The molecule has 0 atom stereocenters. The Hall–Kier alpha value is -2.65. The number of H-pyrrole nitrogens is 1. The molecular formula is C14H17F3N4O7S. The van der Waals surface area contributed by atoms with Gasteiger partial charge >= 0.3 is 18.2 Å². The second-order valence-corrected chi connectivity index (χ2v) is 7.63. The molecule has 15 heteroatoms. The van der Waals surface area contributed by atoms with Crippen molar-refractivity contribution in [2.24, 2.45) is 0 Å². The molecular weight excluding hydrogens is 425 g/mol. The number of carbonyl (C=O) groups is 3. The van der Waals surface area contributed by atoms with Crippen molar-refractivity contribution >= 4 is 27.9 Å². The molecule has 1 aromatic heterocycles. The predicted molar refractivity (Wildman–Crippen MR) is 88.2 cm³/mol. The summed E-state index contributed by atoms with van der Waals surface area (Å²) in [4.78, 5) is 36.6. The number of hydrogen-bond donors (Lipinski definition) is 3. The molecule has 0 unspecified atom stereocenters. The van der Waals surface area contributed by atoms with E-state index in [4.69, 9.17) is 4.74 Å². The van der Waals surface area contributed by atoms with Crippen molar-refractivity contribution in [2.45, 2.75) is 11.1 Å². The van der Waals surface area contributed by atoms with Crippen LogP contribution in [-0.2, 0) is 24.3 Å². The molecule has 0 saturated carbocycles. The van der Waals surface area contributed by atoms with E-state index in [2.05, 4.69) is 9.72 Å². The predicted octanol–water partition coefficient (Wildman–Crippen LogP) is -0.419. The molecule has 162 valence electrons. The van der Waals surface area contributed by atoms with E-state index in [9.17, 15) is 36.0 Å². The van der Waals surface area contributed by atoms with E-state index in [-0.39, 0.29) is 36.9 Å². The van der Waals surface area contributed by atoms with Crippen LogP contribution in [0.4, 0.5) is 18.0 Å². The fraction of sp³-hybridized carbons (Fsp3) is 0.500. The van der Waals surface area contributed by atoms with E-state index in [1.807, 2.05) is 0 Å². The number of rotatable bonds is 6. The van der Waals surface area contributed by atoms with Crippen molar-refractivity contribution < 1.29 is 45.4 Å². The minimum absolute atomic E-state index is 0.157. The van der Waals surface area contributed by atoms with E-state index in [1.54, 1.807) is 5.32 Å². The van der Waals surface area contributed by atoms with Crippen LogP contribution in [0.15, 0.2) is 17.2 Å². The van der Waals surface area contributed by atoms with Crippen molar-refractivity contribution in [3.05, 3.63) is 18.0 Å². The van der Waals surface area contributed by atoms with Gasteiger partial charge in [0.15, 0.2) is 6.61 Å².